The number of hydrogen-bond acceptors (Lipinski definition) is 4. The summed E-state index contributed by atoms with van der Waals surface area (Å²) in [6.07, 6.45) is 3.59. The maximum absolute atomic E-state index is 12.3. The molecule has 1 amide bonds. The number of amides is 1. The molecule has 5 nitrogen and oxygen atoms in total. The second kappa shape index (κ2) is 5.27. The summed E-state index contributed by atoms with van der Waals surface area (Å²) in [6.45, 7) is 5.63. The van der Waals surface area contributed by atoms with E-state index in [9.17, 15) is 4.79 Å². The number of nitrogens with one attached hydrogen (secondary N) is 1. The summed E-state index contributed by atoms with van der Waals surface area (Å²) in [5.74, 6) is 0.344. The highest BCUT2D eigenvalue weighted by molar-refractivity contribution is 5.92. The molecule has 3 rings (SSSR count). The van der Waals surface area contributed by atoms with Gasteiger partial charge in [0.15, 0.2) is 0 Å². The number of likely N-dealkylation sites (N-methyl/N-ethyl adjacent to an activating group) is 1. The molecule has 3 heterocycles. The van der Waals surface area contributed by atoms with Crippen LogP contribution in [-0.2, 0) is 9.53 Å². The number of nitrogens with zero attached hydrogens (tertiary/aromatic N) is 2. The largest absolute Gasteiger partial charge is 0.376 e. The van der Waals surface area contributed by atoms with Gasteiger partial charge < -0.3 is 15.0 Å². The molecule has 2 aliphatic heterocycles. The molecule has 2 aliphatic rings. The third kappa shape index (κ3) is 2.48. The first-order valence-corrected chi connectivity index (χ1v) is 6.82. The van der Waals surface area contributed by atoms with Crippen molar-refractivity contribution in [1.82, 2.24) is 9.88 Å². The number of carbonyl (C=O) groups excluding carboxylic acids is 1. The zero-order valence-electron chi connectivity index (χ0n) is 11.1. The molecule has 1 aromatic rings. The molecular formula is C14H19N3O2. The van der Waals surface area contributed by atoms with E-state index in [2.05, 4.69) is 22.1 Å². The van der Waals surface area contributed by atoms with Gasteiger partial charge in [-0.25, -0.2) is 0 Å². The van der Waals surface area contributed by atoms with Gasteiger partial charge in [-0.3, -0.25) is 9.78 Å². The Kier molecular flexibility index (Phi) is 3.48. The third-order valence-electron chi connectivity index (χ3n) is 4.10. The zero-order chi connectivity index (χ0) is 13.2. The fourth-order valence-corrected chi connectivity index (χ4v) is 2.99. The number of ether oxygens (including phenoxy) is 1. The minimum absolute atomic E-state index is 0.0400. The van der Waals surface area contributed by atoms with Crippen LogP contribution in [0.4, 0.5) is 5.69 Å². The number of anilines is 1. The summed E-state index contributed by atoms with van der Waals surface area (Å²) in [7, 11) is 0. The molecule has 2 fully saturated rings. The number of aromatic nitrogens is 1. The van der Waals surface area contributed by atoms with Crippen molar-refractivity contribution in [3.05, 3.63) is 24.5 Å². The third-order valence-corrected chi connectivity index (χ3v) is 4.10. The van der Waals surface area contributed by atoms with E-state index < -0.39 is 0 Å². The SMILES string of the molecule is CCN1C[C@@H]2[C@@H](C(=O)Nc3cccnc3)CO[C@@H]2C1. The Hall–Kier alpha value is -1.46. The molecule has 0 aromatic carbocycles. The minimum atomic E-state index is -0.0400. The van der Waals surface area contributed by atoms with Crippen LogP contribution >= 0.6 is 0 Å². The van der Waals surface area contributed by atoms with Gasteiger partial charge in [-0.2, -0.15) is 0 Å². The van der Waals surface area contributed by atoms with Gasteiger partial charge in [0.05, 0.1) is 30.5 Å². The van der Waals surface area contributed by atoms with Gasteiger partial charge in [-0.1, -0.05) is 6.92 Å². The standard InChI is InChI=1S/C14H19N3O2/c1-2-17-7-11-12(9-19-13(11)8-17)14(18)16-10-4-3-5-15-6-10/h3-6,11-13H,2,7-9H2,1H3,(H,16,18)/t11-,12+,13-/m1/s1. The topological polar surface area (TPSA) is 54.5 Å². The van der Waals surface area contributed by atoms with Crippen LogP contribution in [0, 0.1) is 11.8 Å². The Morgan fingerprint density at radius 2 is 2.47 bits per heavy atom. The van der Waals surface area contributed by atoms with Crippen LogP contribution in [0.15, 0.2) is 24.5 Å². The smallest absolute Gasteiger partial charge is 0.230 e. The Bertz CT molecular complexity index is 451. The molecule has 0 radical (unpaired) electrons. The van der Waals surface area contributed by atoms with E-state index in [0.717, 1.165) is 25.3 Å². The zero-order valence-corrected chi connectivity index (χ0v) is 11.1. The molecule has 1 aromatic heterocycles. The number of fused-ring (bicyclic) bond motifs is 1. The van der Waals surface area contributed by atoms with Gasteiger partial charge >= 0.3 is 0 Å². The molecular weight excluding hydrogens is 242 g/mol. The lowest BCUT2D eigenvalue weighted by molar-refractivity contribution is -0.120. The molecule has 0 unspecified atom stereocenters. The number of rotatable bonds is 3. The summed E-state index contributed by atoms with van der Waals surface area (Å²) in [5.41, 5.74) is 0.751. The molecule has 1 N–H and O–H groups in total. The van der Waals surface area contributed by atoms with Crippen molar-refractivity contribution in [1.29, 1.82) is 0 Å². The molecule has 102 valence electrons. The highest BCUT2D eigenvalue weighted by Crippen LogP contribution is 2.34. The highest BCUT2D eigenvalue weighted by atomic mass is 16.5. The van der Waals surface area contributed by atoms with Crippen molar-refractivity contribution in [2.24, 2.45) is 11.8 Å². The van der Waals surface area contributed by atoms with E-state index in [-0.39, 0.29) is 17.9 Å². The molecule has 0 bridgehead atoms. The number of pyridine rings is 1. The summed E-state index contributed by atoms with van der Waals surface area (Å²) in [5, 5.41) is 2.93. The van der Waals surface area contributed by atoms with E-state index >= 15 is 0 Å². The number of likely N-dealkylation sites (tertiary alicyclic amines) is 1. The normalized spacial score (nSPS) is 30.3. The molecule has 5 heteroatoms. The minimum Gasteiger partial charge on any atom is -0.376 e. The van der Waals surface area contributed by atoms with Crippen LogP contribution in [0.3, 0.4) is 0 Å². The molecule has 0 saturated carbocycles. The first kappa shape index (κ1) is 12.6. The van der Waals surface area contributed by atoms with Gasteiger partial charge in [0, 0.05) is 25.2 Å². The van der Waals surface area contributed by atoms with Crippen LogP contribution in [-0.4, -0.2) is 48.1 Å². The molecule has 2 saturated heterocycles. The van der Waals surface area contributed by atoms with E-state index in [0.29, 0.717) is 12.5 Å². The van der Waals surface area contributed by atoms with Crippen molar-refractivity contribution >= 4 is 11.6 Å². The van der Waals surface area contributed by atoms with Crippen molar-refractivity contribution in [3.63, 3.8) is 0 Å². The fraction of sp³-hybridized carbons (Fsp3) is 0.571. The van der Waals surface area contributed by atoms with Crippen LogP contribution in [0.25, 0.3) is 0 Å². The van der Waals surface area contributed by atoms with Gasteiger partial charge in [-0.05, 0) is 18.7 Å². The summed E-state index contributed by atoms with van der Waals surface area (Å²) in [4.78, 5) is 18.7. The predicted octanol–water partition coefficient (Wildman–Crippen LogP) is 0.987. The first-order chi connectivity index (χ1) is 9.28. The summed E-state index contributed by atoms with van der Waals surface area (Å²) >= 11 is 0. The van der Waals surface area contributed by atoms with Gasteiger partial charge in [0.1, 0.15) is 0 Å². The maximum Gasteiger partial charge on any atom is 0.230 e. The Balaban J connectivity index is 1.65. The molecule has 3 atom stereocenters. The van der Waals surface area contributed by atoms with Gasteiger partial charge in [0.25, 0.3) is 0 Å². The fourth-order valence-electron chi connectivity index (χ4n) is 2.99. The van der Waals surface area contributed by atoms with Gasteiger partial charge in [0.2, 0.25) is 5.91 Å². The van der Waals surface area contributed by atoms with E-state index in [4.69, 9.17) is 4.74 Å². The van der Waals surface area contributed by atoms with Crippen molar-refractivity contribution in [2.75, 3.05) is 31.6 Å². The number of carbonyl (C=O) groups is 1. The van der Waals surface area contributed by atoms with Crippen LogP contribution in [0.1, 0.15) is 6.92 Å². The lowest BCUT2D eigenvalue weighted by atomic mass is 9.92. The monoisotopic (exact) mass is 261 g/mol. The Labute approximate surface area is 113 Å². The second-order valence-electron chi connectivity index (χ2n) is 5.23. The maximum atomic E-state index is 12.3. The average molecular weight is 261 g/mol. The lowest BCUT2D eigenvalue weighted by Crippen LogP contribution is -2.31. The average Bonchev–Trinajstić information content (AvgIpc) is 2.98. The van der Waals surface area contributed by atoms with Crippen molar-refractivity contribution in [2.45, 2.75) is 13.0 Å². The van der Waals surface area contributed by atoms with E-state index in [1.54, 1.807) is 12.4 Å². The van der Waals surface area contributed by atoms with E-state index in [1.165, 1.54) is 0 Å². The molecule has 19 heavy (non-hydrogen) atoms. The first-order valence-electron chi connectivity index (χ1n) is 6.82. The van der Waals surface area contributed by atoms with Crippen LogP contribution in [0.5, 0.6) is 0 Å². The van der Waals surface area contributed by atoms with E-state index in [1.807, 2.05) is 12.1 Å². The predicted molar refractivity (Wildman–Crippen MR) is 71.7 cm³/mol. The Morgan fingerprint density at radius 1 is 1.58 bits per heavy atom. The number of hydrogen-bond donors (Lipinski definition) is 1. The van der Waals surface area contributed by atoms with Crippen LogP contribution in [0.2, 0.25) is 0 Å². The van der Waals surface area contributed by atoms with Gasteiger partial charge in [-0.15, -0.1) is 0 Å². The summed E-state index contributed by atoms with van der Waals surface area (Å²) < 4.78 is 5.76. The quantitative estimate of drug-likeness (QED) is 0.881. The molecule has 0 aliphatic carbocycles. The second-order valence-corrected chi connectivity index (χ2v) is 5.23. The van der Waals surface area contributed by atoms with Crippen molar-refractivity contribution < 1.29 is 9.53 Å². The van der Waals surface area contributed by atoms with Crippen molar-refractivity contribution in [3.8, 4) is 0 Å². The molecule has 0 spiro atoms. The Morgan fingerprint density at radius 3 is 3.21 bits per heavy atom. The highest BCUT2D eigenvalue weighted by Gasteiger charge is 2.46. The summed E-state index contributed by atoms with van der Waals surface area (Å²) in [6, 6.07) is 3.67. The van der Waals surface area contributed by atoms with Crippen LogP contribution < -0.4 is 5.32 Å². The lowest BCUT2D eigenvalue weighted by Gasteiger charge is -2.17.